The summed E-state index contributed by atoms with van der Waals surface area (Å²) >= 11 is 0. The summed E-state index contributed by atoms with van der Waals surface area (Å²) in [6.45, 7) is -0.0735. The summed E-state index contributed by atoms with van der Waals surface area (Å²) in [5, 5.41) is 61.0. The van der Waals surface area contributed by atoms with Crippen LogP contribution < -0.4 is 22.9 Å². The Bertz CT molecular complexity index is 591. The third kappa shape index (κ3) is 5.02. The number of rotatable bonds is 5. The highest BCUT2D eigenvalue weighted by Crippen LogP contribution is 2.29. The van der Waals surface area contributed by atoms with Gasteiger partial charge in [-0.1, -0.05) is 0 Å². The van der Waals surface area contributed by atoms with Gasteiger partial charge in [-0.25, -0.2) is 0 Å². The van der Waals surface area contributed by atoms with Crippen LogP contribution in [-0.2, 0) is 18.9 Å². The largest absolute Gasteiger partial charge is 0.388 e. The van der Waals surface area contributed by atoms with Crippen molar-refractivity contribution in [3.63, 3.8) is 0 Å². The zero-order valence-corrected chi connectivity index (χ0v) is 17.3. The average molecular weight is 459 g/mol. The Labute approximate surface area is 178 Å². The van der Waals surface area contributed by atoms with E-state index in [0.717, 1.165) is 0 Å². The van der Waals surface area contributed by atoms with Crippen molar-refractivity contribution in [1.29, 1.82) is 0 Å². The van der Waals surface area contributed by atoms with Gasteiger partial charge in [-0.2, -0.15) is 0 Å². The van der Waals surface area contributed by atoms with E-state index in [2.05, 4.69) is 22.9 Å². The molecule has 182 valence electrons. The highest BCUT2D eigenvalue weighted by Gasteiger charge is 2.54. The molecule has 3 fully saturated rings. The topological polar surface area (TPSA) is 269 Å². The van der Waals surface area contributed by atoms with Crippen LogP contribution in [0.25, 0.3) is 0 Å². The molecule has 1 aliphatic carbocycles. The van der Waals surface area contributed by atoms with Crippen LogP contribution in [0.4, 0.5) is 0 Å². The van der Waals surface area contributed by atoms with Gasteiger partial charge in [0.2, 0.25) is 6.29 Å². The summed E-state index contributed by atoms with van der Waals surface area (Å²) in [6, 6.07) is -1.70. The van der Waals surface area contributed by atoms with Crippen LogP contribution >= 0.6 is 0 Å². The SMILES string of the molecule is [NH3+]C[C@H]1O[C@H](O[C@H]2[C@H](O[C@@H]3OC[C@@H](O)[C@@H](O)[C@H]3O)[C@@H](O)[C@H]([NH3+])C[C@@H]2[NH3+])[C@H]([NH3+])[C@@H](O)[C@@H]1O. The highest BCUT2D eigenvalue weighted by molar-refractivity contribution is 4.97. The number of quaternary nitrogens is 4. The van der Waals surface area contributed by atoms with Gasteiger partial charge in [-0.05, 0) is 0 Å². The Hall–Kier alpha value is -0.560. The molecule has 0 aromatic rings. The molecule has 14 nitrogen and oxygen atoms in total. The van der Waals surface area contributed by atoms with Crippen LogP contribution in [0.1, 0.15) is 6.42 Å². The molecule has 0 unspecified atom stereocenters. The predicted octanol–water partition coefficient (Wildman–Crippen LogP) is -9.52. The number of hydrogen-bond donors (Lipinski definition) is 10. The Balaban J connectivity index is 1.77. The molecule has 3 rings (SSSR count). The van der Waals surface area contributed by atoms with Crippen molar-refractivity contribution in [2.24, 2.45) is 0 Å². The zero-order valence-electron chi connectivity index (χ0n) is 17.3. The maximum Gasteiger partial charge on any atom is 0.214 e. The van der Waals surface area contributed by atoms with Crippen molar-refractivity contribution < 1.29 is 72.5 Å². The molecule has 3 aliphatic rings. The van der Waals surface area contributed by atoms with E-state index < -0.39 is 85.6 Å². The van der Waals surface area contributed by atoms with E-state index in [0.29, 0.717) is 6.42 Å². The molecule has 0 aromatic heterocycles. The lowest BCUT2D eigenvalue weighted by atomic mass is 9.84. The zero-order chi connectivity index (χ0) is 23.0. The standard InChI is InChI=1S/C17H34N4O10/c18-2-7-11(25)12(26)8(21)16(29-7)30-14-5(20)1-4(19)9(23)15(14)31-17-13(27)10(24)6(22)3-28-17/h4-17,22-27H,1-3,18-21H2/p+4/t4-,5+,6-,7-,8-,9+,10-,11-,12-,13-,14-,15-,16-,17+/m1/s1. The van der Waals surface area contributed by atoms with Crippen molar-refractivity contribution in [3.05, 3.63) is 0 Å². The van der Waals surface area contributed by atoms with E-state index in [1.807, 2.05) is 0 Å². The molecule has 0 amide bonds. The molecule has 1 saturated carbocycles. The normalized spacial score (nSPS) is 54.0. The molecule has 14 heteroatoms. The molecule has 0 radical (unpaired) electrons. The molecule has 2 heterocycles. The lowest BCUT2D eigenvalue weighted by Crippen LogP contribution is -2.84. The number of hydrogen-bond acceptors (Lipinski definition) is 10. The minimum atomic E-state index is -1.55. The van der Waals surface area contributed by atoms with Crippen LogP contribution in [0.5, 0.6) is 0 Å². The highest BCUT2D eigenvalue weighted by atomic mass is 16.7. The summed E-state index contributed by atoms with van der Waals surface area (Å²) in [4.78, 5) is 0. The molecule has 18 N–H and O–H groups in total. The first-order valence-electron chi connectivity index (χ1n) is 10.5. The lowest BCUT2D eigenvalue weighted by Gasteiger charge is -2.45. The van der Waals surface area contributed by atoms with Gasteiger partial charge in [0.15, 0.2) is 12.3 Å². The monoisotopic (exact) mass is 458 g/mol. The second-order valence-corrected chi connectivity index (χ2v) is 8.67. The Morgan fingerprint density at radius 2 is 1.39 bits per heavy atom. The van der Waals surface area contributed by atoms with Gasteiger partial charge in [-0.3, -0.25) is 0 Å². The van der Waals surface area contributed by atoms with Gasteiger partial charge < -0.3 is 72.5 Å². The van der Waals surface area contributed by atoms with Crippen LogP contribution in [0.2, 0.25) is 0 Å². The van der Waals surface area contributed by atoms with Gasteiger partial charge >= 0.3 is 0 Å². The molecule has 0 aromatic carbocycles. The molecule has 0 bridgehead atoms. The van der Waals surface area contributed by atoms with Crippen LogP contribution in [0.3, 0.4) is 0 Å². The first-order chi connectivity index (χ1) is 14.6. The summed E-state index contributed by atoms with van der Waals surface area (Å²) in [6.07, 6.45) is -12.5. The average Bonchev–Trinajstić information content (AvgIpc) is 2.74. The lowest BCUT2D eigenvalue weighted by molar-refractivity contribution is -0.537. The second kappa shape index (κ2) is 10.1. The van der Waals surface area contributed by atoms with Gasteiger partial charge in [-0.15, -0.1) is 0 Å². The number of aliphatic hydroxyl groups is 6. The second-order valence-electron chi connectivity index (χ2n) is 8.67. The molecule has 31 heavy (non-hydrogen) atoms. The maximum atomic E-state index is 10.7. The van der Waals surface area contributed by atoms with Crippen LogP contribution in [-0.4, -0.2) is 129 Å². The molecule has 14 atom stereocenters. The third-order valence-electron chi connectivity index (χ3n) is 6.36. The van der Waals surface area contributed by atoms with E-state index >= 15 is 0 Å². The van der Waals surface area contributed by atoms with Crippen LogP contribution in [0, 0.1) is 0 Å². The van der Waals surface area contributed by atoms with Crippen molar-refractivity contribution in [2.75, 3.05) is 13.2 Å². The van der Waals surface area contributed by atoms with Gasteiger partial charge in [0.25, 0.3) is 0 Å². The Morgan fingerprint density at radius 3 is 2.03 bits per heavy atom. The first kappa shape index (κ1) is 25.1. The third-order valence-corrected chi connectivity index (χ3v) is 6.36. The van der Waals surface area contributed by atoms with Gasteiger partial charge in [0, 0.05) is 0 Å². The van der Waals surface area contributed by atoms with E-state index in [1.165, 1.54) is 0 Å². The summed E-state index contributed by atoms with van der Waals surface area (Å²) in [7, 11) is 0. The first-order valence-corrected chi connectivity index (χ1v) is 10.5. The summed E-state index contributed by atoms with van der Waals surface area (Å²) < 4.78 is 22.9. The number of ether oxygens (including phenoxy) is 4. The van der Waals surface area contributed by atoms with Crippen molar-refractivity contribution in [2.45, 2.75) is 92.1 Å². The van der Waals surface area contributed by atoms with Crippen molar-refractivity contribution >= 4 is 0 Å². The van der Waals surface area contributed by atoms with E-state index in [4.69, 9.17) is 18.9 Å². The minimum Gasteiger partial charge on any atom is -0.388 e. The fourth-order valence-corrected chi connectivity index (χ4v) is 4.31. The predicted molar refractivity (Wildman–Crippen MR) is 96.6 cm³/mol. The summed E-state index contributed by atoms with van der Waals surface area (Å²) in [5.74, 6) is 0. The van der Waals surface area contributed by atoms with E-state index in [1.54, 1.807) is 0 Å². The van der Waals surface area contributed by atoms with E-state index in [9.17, 15) is 30.6 Å². The molecular formula is C17H38N4O10+4. The number of aliphatic hydroxyl groups excluding tert-OH is 6. The van der Waals surface area contributed by atoms with Crippen molar-refractivity contribution in [3.8, 4) is 0 Å². The molecular weight excluding hydrogens is 420 g/mol. The fourth-order valence-electron chi connectivity index (χ4n) is 4.31. The van der Waals surface area contributed by atoms with Crippen LogP contribution in [0.15, 0.2) is 0 Å². The minimum absolute atomic E-state index is 0.190. The quantitative estimate of drug-likeness (QED) is 0.186. The fraction of sp³-hybridized carbons (Fsp3) is 1.00. The van der Waals surface area contributed by atoms with Gasteiger partial charge in [0.1, 0.15) is 73.6 Å². The molecule has 2 saturated heterocycles. The van der Waals surface area contributed by atoms with E-state index in [-0.39, 0.29) is 13.2 Å². The smallest absolute Gasteiger partial charge is 0.214 e. The van der Waals surface area contributed by atoms with Gasteiger partial charge in [0.05, 0.1) is 13.0 Å². The molecule has 0 spiro atoms. The Kier molecular flexibility index (Phi) is 8.21. The molecule has 2 aliphatic heterocycles. The van der Waals surface area contributed by atoms with Crippen molar-refractivity contribution in [1.82, 2.24) is 0 Å². The Morgan fingerprint density at radius 1 is 0.742 bits per heavy atom. The summed E-state index contributed by atoms with van der Waals surface area (Å²) in [5.41, 5.74) is 15.5. The maximum absolute atomic E-state index is 10.7.